The number of hydrogen-bond donors (Lipinski definition) is 1. The molecule has 9 heteroatoms. The second-order valence-corrected chi connectivity index (χ2v) is 7.04. The van der Waals surface area contributed by atoms with Crippen molar-refractivity contribution in [2.24, 2.45) is 5.10 Å². The zero-order valence-corrected chi connectivity index (χ0v) is 17.9. The zero-order chi connectivity index (χ0) is 20.5. The third-order valence-electron chi connectivity index (χ3n) is 3.41. The van der Waals surface area contributed by atoms with Crippen molar-refractivity contribution >= 4 is 40.3 Å². The SMILES string of the molecule is CCCOc1c(Cl)cc(/C=N\Nc2nc(C)c(C(=O)OCC)s2)cc1OCC. The highest BCUT2D eigenvalue weighted by Crippen LogP contribution is 2.36. The van der Waals surface area contributed by atoms with E-state index in [9.17, 15) is 4.79 Å². The van der Waals surface area contributed by atoms with Crippen LogP contribution in [-0.4, -0.2) is 37.0 Å². The summed E-state index contributed by atoms with van der Waals surface area (Å²) in [6.45, 7) is 8.80. The Labute approximate surface area is 173 Å². The molecule has 0 aliphatic rings. The number of anilines is 1. The predicted molar refractivity (Wildman–Crippen MR) is 112 cm³/mol. The van der Waals surface area contributed by atoms with E-state index >= 15 is 0 Å². The Morgan fingerprint density at radius 3 is 2.75 bits per heavy atom. The van der Waals surface area contributed by atoms with Crippen molar-refractivity contribution in [3.8, 4) is 11.5 Å². The molecule has 1 heterocycles. The normalized spacial score (nSPS) is 10.9. The first-order valence-corrected chi connectivity index (χ1v) is 10.2. The van der Waals surface area contributed by atoms with Crippen LogP contribution in [0.4, 0.5) is 5.13 Å². The highest BCUT2D eigenvalue weighted by atomic mass is 35.5. The van der Waals surface area contributed by atoms with Gasteiger partial charge >= 0.3 is 5.97 Å². The van der Waals surface area contributed by atoms with Gasteiger partial charge in [-0.05, 0) is 44.9 Å². The van der Waals surface area contributed by atoms with Crippen molar-refractivity contribution < 1.29 is 19.0 Å². The molecule has 0 saturated heterocycles. The molecule has 1 aromatic heterocycles. The van der Waals surface area contributed by atoms with Crippen molar-refractivity contribution in [3.05, 3.63) is 33.3 Å². The standard InChI is InChI=1S/C19H24ClN3O4S/c1-5-8-27-16-14(20)9-13(10-15(16)25-6-2)11-21-23-19-22-12(4)17(28-19)18(24)26-7-3/h9-11H,5-8H2,1-4H3,(H,22,23)/b21-11-. The van der Waals surface area contributed by atoms with Gasteiger partial charge in [-0.2, -0.15) is 5.10 Å². The average molecular weight is 426 g/mol. The second-order valence-electron chi connectivity index (χ2n) is 5.64. The number of carbonyl (C=O) groups excluding carboxylic acids is 1. The van der Waals surface area contributed by atoms with E-state index in [0.717, 1.165) is 12.0 Å². The van der Waals surface area contributed by atoms with Crippen LogP contribution in [0.25, 0.3) is 0 Å². The summed E-state index contributed by atoms with van der Waals surface area (Å²) >= 11 is 7.53. The maximum absolute atomic E-state index is 11.9. The third kappa shape index (κ3) is 5.84. The molecule has 0 fully saturated rings. The Kier molecular flexibility index (Phi) is 8.53. The molecule has 0 bridgehead atoms. The number of aryl methyl sites for hydroxylation is 1. The summed E-state index contributed by atoms with van der Waals surface area (Å²) in [5.74, 6) is 0.718. The summed E-state index contributed by atoms with van der Waals surface area (Å²) in [4.78, 5) is 16.6. The number of benzene rings is 1. The molecule has 0 spiro atoms. The largest absolute Gasteiger partial charge is 0.490 e. The van der Waals surface area contributed by atoms with Crippen LogP contribution in [0, 0.1) is 6.92 Å². The number of ether oxygens (including phenoxy) is 3. The first kappa shape index (κ1) is 22.0. The van der Waals surface area contributed by atoms with Crippen LogP contribution >= 0.6 is 22.9 Å². The van der Waals surface area contributed by atoms with Crippen molar-refractivity contribution in [1.29, 1.82) is 0 Å². The van der Waals surface area contributed by atoms with Crippen LogP contribution in [0.1, 0.15) is 48.1 Å². The molecule has 0 aliphatic heterocycles. The zero-order valence-electron chi connectivity index (χ0n) is 16.4. The van der Waals surface area contributed by atoms with E-state index in [-0.39, 0.29) is 5.97 Å². The van der Waals surface area contributed by atoms with Gasteiger partial charge in [0.15, 0.2) is 11.5 Å². The average Bonchev–Trinajstić information content (AvgIpc) is 3.02. The number of nitrogens with one attached hydrogen (secondary N) is 1. The lowest BCUT2D eigenvalue weighted by atomic mass is 10.2. The van der Waals surface area contributed by atoms with Gasteiger partial charge in [0.25, 0.3) is 0 Å². The van der Waals surface area contributed by atoms with Crippen LogP contribution in [0.15, 0.2) is 17.2 Å². The lowest BCUT2D eigenvalue weighted by Gasteiger charge is -2.13. The number of hydrazone groups is 1. The highest BCUT2D eigenvalue weighted by molar-refractivity contribution is 7.17. The smallest absolute Gasteiger partial charge is 0.350 e. The minimum Gasteiger partial charge on any atom is -0.490 e. The van der Waals surface area contributed by atoms with E-state index < -0.39 is 0 Å². The maximum atomic E-state index is 11.9. The quantitative estimate of drug-likeness (QED) is 0.330. The number of hydrogen-bond acceptors (Lipinski definition) is 8. The molecule has 2 aromatic rings. The number of thiazole rings is 1. The molecule has 1 N–H and O–H groups in total. The van der Waals surface area contributed by atoms with Gasteiger partial charge in [0, 0.05) is 0 Å². The fraction of sp³-hybridized carbons (Fsp3) is 0.421. The summed E-state index contributed by atoms with van der Waals surface area (Å²) in [5, 5.41) is 5.12. The molecule has 152 valence electrons. The van der Waals surface area contributed by atoms with Crippen molar-refractivity contribution in [2.45, 2.75) is 34.1 Å². The summed E-state index contributed by atoms with van der Waals surface area (Å²) in [6, 6.07) is 3.56. The van der Waals surface area contributed by atoms with Gasteiger partial charge < -0.3 is 14.2 Å². The third-order valence-corrected chi connectivity index (χ3v) is 4.74. The number of halogens is 1. The molecule has 0 amide bonds. The Hall–Kier alpha value is -2.32. The monoisotopic (exact) mass is 425 g/mol. The number of aromatic nitrogens is 1. The lowest BCUT2D eigenvalue weighted by Crippen LogP contribution is -2.03. The Balaban J connectivity index is 2.13. The Morgan fingerprint density at radius 2 is 2.07 bits per heavy atom. The molecule has 0 radical (unpaired) electrons. The Bertz CT molecular complexity index is 839. The first-order chi connectivity index (χ1) is 13.5. The molecule has 2 rings (SSSR count). The van der Waals surface area contributed by atoms with E-state index in [0.29, 0.717) is 52.0 Å². The van der Waals surface area contributed by atoms with Gasteiger partial charge in [-0.25, -0.2) is 9.78 Å². The second kappa shape index (κ2) is 10.9. The fourth-order valence-corrected chi connectivity index (χ4v) is 3.35. The summed E-state index contributed by atoms with van der Waals surface area (Å²) < 4.78 is 16.3. The number of esters is 1. The van der Waals surface area contributed by atoms with Crippen molar-refractivity contribution in [3.63, 3.8) is 0 Å². The van der Waals surface area contributed by atoms with Crippen LogP contribution in [0.3, 0.4) is 0 Å². The van der Waals surface area contributed by atoms with E-state index in [2.05, 4.69) is 15.5 Å². The van der Waals surface area contributed by atoms with Gasteiger partial charge in [0.2, 0.25) is 5.13 Å². The van der Waals surface area contributed by atoms with Gasteiger partial charge in [0.1, 0.15) is 4.88 Å². The molecule has 0 aliphatic carbocycles. The summed E-state index contributed by atoms with van der Waals surface area (Å²) in [5.41, 5.74) is 4.16. The van der Waals surface area contributed by atoms with Crippen LogP contribution < -0.4 is 14.9 Å². The van der Waals surface area contributed by atoms with Gasteiger partial charge in [-0.15, -0.1) is 0 Å². The molecular formula is C19H24ClN3O4S. The molecule has 1 aromatic carbocycles. The van der Waals surface area contributed by atoms with E-state index in [1.165, 1.54) is 11.3 Å². The lowest BCUT2D eigenvalue weighted by molar-refractivity contribution is 0.0531. The van der Waals surface area contributed by atoms with Crippen molar-refractivity contribution in [2.75, 3.05) is 25.2 Å². The molecule has 0 saturated carbocycles. The molecule has 0 unspecified atom stereocenters. The number of rotatable bonds is 10. The molecule has 28 heavy (non-hydrogen) atoms. The van der Waals surface area contributed by atoms with E-state index in [1.807, 2.05) is 19.9 Å². The van der Waals surface area contributed by atoms with Crippen LogP contribution in [0.2, 0.25) is 5.02 Å². The fourth-order valence-electron chi connectivity index (χ4n) is 2.26. The van der Waals surface area contributed by atoms with Crippen LogP contribution in [-0.2, 0) is 4.74 Å². The minimum atomic E-state index is -0.384. The van der Waals surface area contributed by atoms with Gasteiger partial charge in [-0.3, -0.25) is 5.43 Å². The minimum absolute atomic E-state index is 0.317. The molecule has 0 atom stereocenters. The Morgan fingerprint density at radius 1 is 1.29 bits per heavy atom. The van der Waals surface area contributed by atoms with Gasteiger partial charge in [0.05, 0.1) is 36.8 Å². The molecular weight excluding hydrogens is 402 g/mol. The predicted octanol–water partition coefficient (Wildman–Crippen LogP) is 4.92. The number of carbonyl (C=O) groups is 1. The van der Waals surface area contributed by atoms with Crippen molar-refractivity contribution in [1.82, 2.24) is 4.98 Å². The topological polar surface area (TPSA) is 82.0 Å². The molecule has 7 nitrogen and oxygen atoms in total. The van der Waals surface area contributed by atoms with E-state index in [1.54, 1.807) is 26.1 Å². The van der Waals surface area contributed by atoms with Crippen LogP contribution in [0.5, 0.6) is 11.5 Å². The van der Waals surface area contributed by atoms with Gasteiger partial charge in [-0.1, -0.05) is 29.9 Å². The summed E-state index contributed by atoms with van der Waals surface area (Å²) in [7, 11) is 0. The number of nitrogens with zero attached hydrogens (tertiary/aromatic N) is 2. The first-order valence-electron chi connectivity index (χ1n) is 9.02. The maximum Gasteiger partial charge on any atom is 0.350 e. The van der Waals surface area contributed by atoms with E-state index in [4.69, 9.17) is 25.8 Å². The highest BCUT2D eigenvalue weighted by Gasteiger charge is 2.16. The summed E-state index contributed by atoms with van der Waals surface area (Å²) in [6.07, 6.45) is 2.47.